The van der Waals surface area contributed by atoms with E-state index in [4.69, 9.17) is 16.3 Å². The number of benzene rings is 1. The number of alkyl halides is 1. The van der Waals surface area contributed by atoms with Gasteiger partial charge in [-0.3, -0.25) is 15.1 Å². The molecule has 0 spiro atoms. The molecule has 0 saturated carbocycles. The highest BCUT2D eigenvalue weighted by atomic mass is 35.5. The molecule has 1 aromatic carbocycles. The number of aromatic nitrogens is 1. The van der Waals surface area contributed by atoms with Crippen molar-refractivity contribution in [3.63, 3.8) is 0 Å². The van der Waals surface area contributed by atoms with Crippen LogP contribution in [0.5, 0.6) is 11.5 Å². The molecule has 0 radical (unpaired) electrons. The Labute approximate surface area is 112 Å². The summed E-state index contributed by atoms with van der Waals surface area (Å²) in [5.74, 6) is -0.147. The first-order valence-corrected chi connectivity index (χ1v) is 5.75. The van der Waals surface area contributed by atoms with Gasteiger partial charge in [0, 0.05) is 24.2 Å². The van der Waals surface area contributed by atoms with Crippen LogP contribution in [0.25, 0.3) is 0 Å². The number of nitro groups is 1. The summed E-state index contributed by atoms with van der Waals surface area (Å²) in [6.07, 6.45) is 3.02. The zero-order valence-electron chi connectivity index (χ0n) is 9.55. The van der Waals surface area contributed by atoms with E-state index in [0.717, 1.165) is 17.7 Å². The van der Waals surface area contributed by atoms with E-state index in [1.807, 2.05) is 0 Å². The van der Waals surface area contributed by atoms with Gasteiger partial charge >= 0.3 is 5.69 Å². The first-order chi connectivity index (χ1) is 9.10. The SMILES string of the molecule is O=[N+]([O-])c1ccc(Oc2cncc(CCl)c2)cc1F. The lowest BCUT2D eigenvalue weighted by Crippen LogP contribution is -1.93. The van der Waals surface area contributed by atoms with Crippen molar-refractivity contribution in [2.75, 3.05) is 0 Å². The second-order valence-electron chi connectivity index (χ2n) is 3.63. The largest absolute Gasteiger partial charge is 0.456 e. The topological polar surface area (TPSA) is 65.3 Å². The molecule has 98 valence electrons. The van der Waals surface area contributed by atoms with Gasteiger partial charge in [0.15, 0.2) is 0 Å². The van der Waals surface area contributed by atoms with Gasteiger partial charge in [-0.15, -0.1) is 11.6 Å². The van der Waals surface area contributed by atoms with E-state index in [2.05, 4.69) is 4.98 Å². The van der Waals surface area contributed by atoms with Gasteiger partial charge in [-0.2, -0.15) is 4.39 Å². The molecule has 0 amide bonds. The minimum Gasteiger partial charge on any atom is -0.456 e. The molecule has 0 fully saturated rings. The number of hydrogen-bond donors (Lipinski definition) is 0. The second kappa shape index (κ2) is 5.62. The molecule has 0 N–H and O–H groups in total. The summed E-state index contributed by atoms with van der Waals surface area (Å²) in [6, 6.07) is 4.96. The molecule has 7 heteroatoms. The fourth-order valence-corrected chi connectivity index (χ4v) is 1.57. The molecule has 0 aliphatic heterocycles. The predicted octanol–water partition coefficient (Wildman–Crippen LogP) is 3.66. The molecule has 0 aliphatic carbocycles. The second-order valence-corrected chi connectivity index (χ2v) is 3.90. The van der Waals surface area contributed by atoms with Crippen LogP contribution in [0.2, 0.25) is 0 Å². The molecule has 0 atom stereocenters. The Balaban J connectivity index is 2.23. The average molecular weight is 283 g/mol. The number of hydrogen-bond acceptors (Lipinski definition) is 4. The predicted molar refractivity (Wildman–Crippen MR) is 66.9 cm³/mol. The summed E-state index contributed by atoms with van der Waals surface area (Å²) in [5.41, 5.74) is 0.154. The van der Waals surface area contributed by atoms with Crippen molar-refractivity contribution in [1.29, 1.82) is 0 Å². The number of nitro benzene ring substituents is 1. The van der Waals surface area contributed by atoms with Crippen LogP contribution in [0.15, 0.2) is 36.7 Å². The molecule has 0 bridgehead atoms. The number of ether oxygens (including phenoxy) is 1. The Kier molecular flexibility index (Phi) is 3.91. The summed E-state index contributed by atoms with van der Waals surface area (Å²) in [5, 5.41) is 10.5. The lowest BCUT2D eigenvalue weighted by molar-refractivity contribution is -0.387. The van der Waals surface area contributed by atoms with E-state index < -0.39 is 16.4 Å². The summed E-state index contributed by atoms with van der Waals surface area (Å²) < 4.78 is 18.7. The number of halogens is 2. The van der Waals surface area contributed by atoms with E-state index in [0.29, 0.717) is 5.75 Å². The molecule has 1 aromatic heterocycles. The maximum Gasteiger partial charge on any atom is 0.305 e. The maximum absolute atomic E-state index is 13.4. The van der Waals surface area contributed by atoms with Crippen LogP contribution >= 0.6 is 11.6 Å². The van der Waals surface area contributed by atoms with Gasteiger partial charge in [0.25, 0.3) is 0 Å². The van der Waals surface area contributed by atoms with Gasteiger partial charge in [0.2, 0.25) is 5.82 Å². The van der Waals surface area contributed by atoms with Gasteiger partial charge in [-0.05, 0) is 17.7 Å². The van der Waals surface area contributed by atoms with Gasteiger partial charge < -0.3 is 4.74 Å². The standard InChI is InChI=1S/C12H8ClFN2O3/c13-5-8-3-10(7-15-6-8)19-9-1-2-12(16(17)18)11(14)4-9/h1-4,6-7H,5H2. The molecule has 0 aliphatic rings. The highest BCUT2D eigenvalue weighted by Crippen LogP contribution is 2.26. The first kappa shape index (κ1) is 13.2. The molecule has 2 rings (SSSR count). The van der Waals surface area contributed by atoms with Crippen LogP contribution in [-0.2, 0) is 5.88 Å². The van der Waals surface area contributed by atoms with Crippen LogP contribution < -0.4 is 4.74 Å². The molecule has 0 unspecified atom stereocenters. The third-order valence-electron chi connectivity index (χ3n) is 2.28. The van der Waals surface area contributed by atoms with Crippen LogP contribution in [0.3, 0.4) is 0 Å². The van der Waals surface area contributed by atoms with Crippen molar-refractivity contribution >= 4 is 17.3 Å². The first-order valence-electron chi connectivity index (χ1n) is 5.22. The summed E-state index contributed by atoms with van der Waals surface area (Å²) in [7, 11) is 0. The smallest absolute Gasteiger partial charge is 0.305 e. The van der Waals surface area contributed by atoms with Crippen molar-refractivity contribution in [3.05, 3.63) is 58.2 Å². The van der Waals surface area contributed by atoms with Gasteiger partial charge in [-0.25, -0.2) is 0 Å². The van der Waals surface area contributed by atoms with Crippen LogP contribution in [0.1, 0.15) is 5.56 Å². The van der Waals surface area contributed by atoms with Gasteiger partial charge in [-0.1, -0.05) is 0 Å². The van der Waals surface area contributed by atoms with Crippen molar-refractivity contribution in [2.24, 2.45) is 0 Å². The van der Waals surface area contributed by atoms with Crippen LogP contribution in [0.4, 0.5) is 10.1 Å². The monoisotopic (exact) mass is 282 g/mol. The molecule has 0 saturated heterocycles. The molecule has 19 heavy (non-hydrogen) atoms. The Morgan fingerprint density at radius 2 is 2.11 bits per heavy atom. The zero-order valence-corrected chi connectivity index (χ0v) is 10.3. The molecular formula is C12H8ClFN2O3. The zero-order chi connectivity index (χ0) is 13.8. The molecular weight excluding hydrogens is 275 g/mol. The lowest BCUT2D eigenvalue weighted by Gasteiger charge is -2.06. The molecule has 5 nitrogen and oxygen atoms in total. The van der Waals surface area contributed by atoms with Crippen molar-refractivity contribution in [1.82, 2.24) is 4.98 Å². The van der Waals surface area contributed by atoms with E-state index in [9.17, 15) is 14.5 Å². The normalized spacial score (nSPS) is 10.2. The van der Waals surface area contributed by atoms with Gasteiger partial charge in [0.05, 0.1) is 11.1 Å². The number of rotatable bonds is 4. The van der Waals surface area contributed by atoms with Crippen molar-refractivity contribution in [2.45, 2.75) is 5.88 Å². The molecule has 1 heterocycles. The highest BCUT2D eigenvalue weighted by molar-refractivity contribution is 6.17. The maximum atomic E-state index is 13.4. The van der Waals surface area contributed by atoms with E-state index in [-0.39, 0.29) is 11.6 Å². The Bertz CT molecular complexity index is 622. The fraction of sp³-hybridized carbons (Fsp3) is 0.0833. The quantitative estimate of drug-likeness (QED) is 0.487. The Morgan fingerprint density at radius 3 is 2.74 bits per heavy atom. The Morgan fingerprint density at radius 1 is 1.32 bits per heavy atom. The summed E-state index contributed by atoms with van der Waals surface area (Å²) >= 11 is 5.65. The third kappa shape index (κ3) is 3.17. The minimum absolute atomic E-state index is 0.150. The average Bonchev–Trinajstić information content (AvgIpc) is 2.38. The Hall–Kier alpha value is -2.21. The van der Waals surface area contributed by atoms with Crippen LogP contribution in [-0.4, -0.2) is 9.91 Å². The van der Waals surface area contributed by atoms with Crippen molar-refractivity contribution < 1.29 is 14.1 Å². The third-order valence-corrected chi connectivity index (χ3v) is 2.58. The number of nitrogens with zero attached hydrogens (tertiary/aromatic N) is 2. The summed E-state index contributed by atoms with van der Waals surface area (Å²) in [6.45, 7) is 0. The number of pyridine rings is 1. The lowest BCUT2D eigenvalue weighted by atomic mass is 10.3. The van der Waals surface area contributed by atoms with Gasteiger partial charge in [0.1, 0.15) is 11.5 Å². The fourth-order valence-electron chi connectivity index (χ4n) is 1.43. The van der Waals surface area contributed by atoms with Crippen molar-refractivity contribution in [3.8, 4) is 11.5 Å². The highest BCUT2D eigenvalue weighted by Gasteiger charge is 2.14. The van der Waals surface area contributed by atoms with E-state index in [1.54, 1.807) is 12.3 Å². The molecule has 2 aromatic rings. The van der Waals surface area contributed by atoms with Crippen LogP contribution in [0, 0.1) is 15.9 Å². The summed E-state index contributed by atoms with van der Waals surface area (Å²) in [4.78, 5) is 13.6. The van der Waals surface area contributed by atoms with E-state index >= 15 is 0 Å². The van der Waals surface area contributed by atoms with E-state index in [1.165, 1.54) is 12.3 Å². The minimum atomic E-state index is -0.955.